The van der Waals surface area contributed by atoms with Gasteiger partial charge >= 0.3 is 0 Å². The molecule has 2 bridgehead atoms. The zero-order valence-electron chi connectivity index (χ0n) is 15.5. The summed E-state index contributed by atoms with van der Waals surface area (Å²) in [7, 11) is 3.46. The number of hydrogen-bond donors (Lipinski definition) is 0. The Labute approximate surface area is 151 Å². The Bertz CT molecular complexity index is 622. The van der Waals surface area contributed by atoms with E-state index in [-0.39, 0.29) is 0 Å². The first-order chi connectivity index (χ1) is 12.2. The summed E-state index contributed by atoms with van der Waals surface area (Å²) in [6, 6.07) is 6.07. The van der Waals surface area contributed by atoms with Crippen molar-refractivity contribution in [3.63, 3.8) is 0 Å². The van der Waals surface area contributed by atoms with Crippen molar-refractivity contribution in [3.05, 3.63) is 35.9 Å². The molecule has 25 heavy (non-hydrogen) atoms. The molecule has 0 amide bonds. The molecule has 0 N–H and O–H groups in total. The van der Waals surface area contributed by atoms with Crippen LogP contribution in [0.15, 0.2) is 30.4 Å². The number of allylic oxidation sites excluding steroid dienone is 2. The van der Waals surface area contributed by atoms with Crippen LogP contribution in [0.3, 0.4) is 0 Å². The zero-order valence-corrected chi connectivity index (χ0v) is 15.5. The van der Waals surface area contributed by atoms with Crippen molar-refractivity contribution < 1.29 is 9.47 Å². The number of nitrogens with zero attached hydrogens (tertiary/aromatic N) is 2. The fourth-order valence-corrected chi connectivity index (χ4v) is 4.81. The Morgan fingerprint density at radius 2 is 1.76 bits per heavy atom. The van der Waals surface area contributed by atoms with Gasteiger partial charge in [-0.2, -0.15) is 0 Å². The number of ether oxygens (including phenoxy) is 2. The molecule has 1 saturated heterocycles. The van der Waals surface area contributed by atoms with Crippen LogP contribution in [0.1, 0.15) is 18.4 Å². The van der Waals surface area contributed by atoms with Gasteiger partial charge in [0.15, 0.2) is 0 Å². The molecule has 1 aliphatic heterocycles. The van der Waals surface area contributed by atoms with Gasteiger partial charge < -0.3 is 14.4 Å². The van der Waals surface area contributed by atoms with Crippen molar-refractivity contribution in [1.82, 2.24) is 9.80 Å². The van der Waals surface area contributed by atoms with Crippen LogP contribution in [-0.4, -0.2) is 56.7 Å². The lowest BCUT2D eigenvalue weighted by atomic mass is 9.93. The lowest BCUT2D eigenvalue weighted by Crippen LogP contribution is -2.47. The van der Waals surface area contributed by atoms with Crippen LogP contribution in [-0.2, 0) is 6.54 Å². The van der Waals surface area contributed by atoms with Crippen LogP contribution in [0.25, 0.3) is 0 Å². The molecule has 3 atom stereocenters. The second kappa shape index (κ2) is 7.38. The molecular weight excluding hydrogens is 312 g/mol. The second-order valence-corrected chi connectivity index (χ2v) is 7.79. The maximum Gasteiger partial charge on any atom is 0.123 e. The maximum absolute atomic E-state index is 5.53. The average molecular weight is 342 g/mol. The third-order valence-corrected chi connectivity index (χ3v) is 6.26. The van der Waals surface area contributed by atoms with E-state index in [9.17, 15) is 0 Å². The van der Waals surface area contributed by atoms with Crippen molar-refractivity contribution in [3.8, 4) is 11.5 Å². The van der Waals surface area contributed by atoms with E-state index >= 15 is 0 Å². The number of methoxy groups -OCH3 is 2. The Kier molecular flexibility index (Phi) is 5.00. The molecule has 2 fully saturated rings. The molecule has 4 heteroatoms. The summed E-state index contributed by atoms with van der Waals surface area (Å²) in [5.41, 5.74) is 1.22. The van der Waals surface area contributed by atoms with Gasteiger partial charge in [-0.3, -0.25) is 4.90 Å². The van der Waals surface area contributed by atoms with Crippen molar-refractivity contribution in [2.24, 2.45) is 17.8 Å². The van der Waals surface area contributed by atoms with Gasteiger partial charge in [0.25, 0.3) is 0 Å². The van der Waals surface area contributed by atoms with Crippen LogP contribution in [0.5, 0.6) is 11.5 Å². The zero-order chi connectivity index (χ0) is 17.2. The van der Waals surface area contributed by atoms with Gasteiger partial charge in [-0.15, -0.1) is 0 Å². The molecule has 0 spiro atoms. The van der Waals surface area contributed by atoms with Crippen LogP contribution in [0.2, 0.25) is 0 Å². The predicted octanol–water partition coefficient (Wildman–Crippen LogP) is 3.03. The first-order valence-corrected chi connectivity index (χ1v) is 9.59. The number of hydrogen-bond acceptors (Lipinski definition) is 4. The first kappa shape index (κ1) is 16.9. The highest BCUT2D eigenvalue weighted by Gasteiger charge is 2.36. The molecule has 4 rings (SSSR count). The number of benzene rings is 1. The van der Waals surface area contributed by atoms with Crippen LogP contribution < -0.4 is 9.47 Å². The summed E-state index contributed by atoms with van der Waals surface area (Å²) in [6.07, 6.45) is 7.76. The Balaban J connectivity index is 1.29. The fourth-order valence-electron chi connectivity index (χ4n) is 4.81. The van der Waals surface area contributed by atoms with Crippen LogP contribution >= 0.6 is 0 Å². The van der Waals surface area contributed by atoms with Crippen LogP contribution in [0.4, 0.5) is 0 Å². The Hall–Kier alpha value is -1.52. The Morgan fingerprint density at radius 1 is 0.960 bits per heavy atom. The molecule has 0 radical (unpaired) electrons. The molecule has 0 aromatic heterocycles. The van der Waals surface area contributed by atoms with E-state index in [1.807, 2.05) is 12.1 Å². The van der Waals surface area contributed by atoms with Gasteiger partial charge in [-0.1, -0.05) is 12.2 Å². The molecular formula is C21H30N2O2. The van der Waals surface area contributed by atoms with Crippen LogP contribution in [0, 0.1) is 17.8 Å². The smallest absolute Gasteiger partial charge is 0.123 e. The average Bonchev–Trinajstić information content (AvgIpc) is 3.26. The van der Waals surface area contributed by atoms with Gasteiger partial charge in [-0.25, -0.2) is 0 Å². The molecule has 1 aromatic rings. The fraction of sp³-hybridized carbons (Fsp3) is 0.619. The first-order valence-electron chi connectivity index (χ1n) is 9.59. The van der Waals surface area contributed by atoms with E-state index in [0.29, 0.717) is 0 Å². The van der Waals surface area contributed by atoms with E-state index < -0.39 is 0 Å². The van der Waals surface area contributed by atoms with E-state index in [1.165, 1.54) is 38.0 Å². The third kappa shape index (κ3) is 3.70. The molecule has 4 nitrogen and oxygen atoms in total. The van der Waals surface area contributed by atoms with Crippen molar-refractivity contribution in [2.75, 3.05) is 46.9 Å². The maximum atomic E-state index is 5.53. The summed E-state index contributed by atoms with van der Waals surface area (Å²) in [5.74, 6) is 4.51. The minimum atomic E-state index is 0.865. The predicted molar refractivity (Wildman–Crippen MR) is 100 cm³/mol. The molecule has 3 aliphatic rings. The standard InChI is InChI=1S/C21H30N2O2/c1-24-20-5-6-21(25-2)19(13-20)15-23-9-7-22(8-10-23)14-18-12-16-3-4-17(18)11-16/h3-6,13,16-18H,7-12,14-15H2,1-2H3/t16-,17-,18+/m1/s1. The van der Waals surface area contributed by atoms with Gasteiger partial charge in [0, 0.05) is 44.8 Å². The third-order valence-electron chi connectivity index (χ3n) is 6.26. The molecule has 0 unspecified atom stereocenters. The topological polar surface area (TPSA) is 24.9 Å². The highest BCUT2D eigenvalue weighted by molar-refractivity contribution is 5.40. The summed E-state index contributed by atoms with van der Waals surface area (Å²) in [5, 5.41) is 0. The quantitative estimate of drug-likeness (QED) is 0.742. The highest BCUT2D eigenvalue weighted by atomic mass is 16.5. The largest absolute Gasteiger partial charge is 0.497 e. The van der Waals surface area contributed by atoms with Crippen molar-refractivity contribution >= 4 is 0 Å². The SMILES string of the molecule is COc1ccc(OC)c(CN2CCN(C[C@@H]3C[C@@H]4C=C[C@@H]3C4)CC2)c1. The lowest BCUT2D eigenvalue weighted by molar-refractivity contribution is 0.108. The van der Waals surface area contributed by atoms with E-state index in [1.54, 1.807) is 14.2 Å². The minimum Gasteiger partial charge on any atom is -0.497 e. The van der Waals surface area contributed by atoms with Crippen molar-refractivity contribution in [2.45, 2.75) is 19.4 Å². The molecule has 1 saturated carbocycles. The molecule has 2 aliphatic carbocycles. The van der Waals surface area contributed by atoms with E-state index in [4.69, 9.17) is 9.47 Å². The summed E-state index contributed by atoms with van der Waals surface area (Å²) in [6.45, 7) is 6.87. The van der Waals surface area contributed by atoms with Crippen molar-refractivity contribution in [1.29, 1.82) is 0 Å². The van der Waals surface area contributed by atoms with Gasteiger partial charge in [-0.05, 0) is 48.8 Å². The van der Waals surface area contributed by atoms with Gasteiger partial charge in [0.1, 0.15) is 11.5 Å². The monoisotopic (exact) mass is 342 g/mol. The number of piperazine rings is 1. The normalized spacial score (nSPS) is 29.3. The number of fused-ring (bicyclic) bond motifs is 2. The highest BCUT2D eigenvalue weighted by Crippen LogP contribution is 2.43. The molecule has 1 heterocycles. The van der Waals surface area contributed by atoms with E-state index in [0.717, 1.165) is 48.9 Å². The van der Waals surface area contributed by atoms with Gasteiger partial charge in [0.05, 0.1) is 14.2 Å². The van der Waals surface area contributed by atoms with E-state index in [2.05, 4.69) is 28.0 Å². The number of rotatable bonds is 6. The molecule has 1 aromatic carbocycles. The second-order valence-electron chi connectivity index (χ2n) is 7.79. The summed E-state index contributed by atoms with van der Waals surface area (Å²) < 4.78 is 10.9. The Morgan fingerprint density at radius 3 is 2.40 bits per heavy atom. The minimum absolute atomic E-state index is 0.865. The summed E-state index contributed by atoms with van der Waals surface area (Å²) >= 11 is 0. The molecule has 136 valence electrons. The summed E-state index contributed by atoms with van der Waals surface area (Å²) in [4.78, 5) is 5.22. The lowest BCUT2D eigenvalue weighted by Gasteiger charge is -2.37. The van der Waals surface area contributed by atoms with Gasteiger partial charge in [0.2, 0.25) is 0 Å².